The predicted molar refractivity (Wildman–Crippen MR) is 70.2 cm³/mol. The average molecular weight is 224 g/mol. The molecule has 2 heteroatoms. The van der Waals surface area contributed by atoms with Crippen molar-refractivity contribution >= 4 is 0 Å². The Kier molecular flexibility index (Phi) is 6.67. The van der Waals surface area contributed by atoms with Gasteiger partial charge in [0.2, 0.25) is 0 Å². The van der Waals surface area contributed by atoms with Crippen LogP contribution in [0.4, 0.5) is 0 Å². The van der Waals surface area contributed by atoms with Gasteiger partial charge in [-0.15, -0.1) is 0 Å². The molecule has 0 aromatic carbocycles. The second kappa shape index (κ2) is 6.91. The summed E-state index contributed by atoms with van der Waals surface area (Å²) in [7, 11) is 0. The third-order valence-corrected chi connectivity index (χ3v) is 2.88. The lowest BCUT2D eigenvalue weighted by Crippen LogP contribution is -2.35. The van der Waals surface area contributed by atoms with E-state index in [9.17, 15) is 0 Å². The molecule has 0 aromatic heterocycles. The average Bonchev–Trinajstić information content (AvgIpc) is 2.14. The quantitative estimate of drug-likeness (QED) is 0.688. The Morgan fingerprint density at radius 2 is 1.69 bits per heavy atom. The van der Waals surface area contributed by atoms with Crippen LogP contribution in [0.1, 0.15) is 54.4 Å². The van der Waals surface area contributed by atoms with Crippen molar-refractivity contribution < 1.29 is 0 Å². The molecule has 0 saturated heterocycles. The van der Waals surface area contributed by atoms with Crippen LogP contribution in [0.2, 0.25) is 0 Å². The van der Waals surface area contributed by atoms with Gasteiger partial charge in [0.1, 0.15) is 0 Å². The van der Waals surface area contributed by atoms with E-state index in [-0.39, 0.29) is 6.04 Å². The Hall–Kier alpha value is -0.550. The van der Waals surface area contributed by atoms with Crippen LogP contribution in [-0.4, -0.2) is 24.0 Å². The maximum Gasteiger partial charge on any atom is 0.0949 e. The first-order valence-corrected chi connectivity index (χ1v) is 6.40. The Balaban J connectivity index is 4.17. The Bertz CT molecular complexity index is 220. The molecule has 0 amide bonds. The van der Waals surface area contributed by atoms with Gasteiger partial charge in [-0.2, -0.15) is 5.26 Å². The Morgan fingerprint density at radius 3 is 2.06 bits per heavy atom. The fraction of sp³-hybridized carbons (Fsp3) is 0.929. The molecule has 0 aliphatic rings. The molecule has 0 rings (SSSR count). The highest BCUT2D eigenvalue weighted by Gasteiger charge is 2.17. The molecule has 0 radical (unpaired) electrons. The van der Waals surface area contributed by atoms with Crippen LogP contribution in [0, 0.1) is 22.7 Å². The zero-order valence-electron chi connectivity index (χ0n) is 11.9. The molecule has 0 aromatic rings. The van der Waals surface area contributed by atoms with Crippen LogP contribution in [-0.2, 0) is 0 Å². The molecule has 1 unspecified atom stereocenters. The Morgan fingerprint density at radius 1 is 1.12 bits per heavy atom. The molecule has 0 N–H and O–H groups in total. The summed E-state index contributed by atoms with van der Waals surface area (Å²) in [5.41, 5.74) is 0.352. The summed E-state index contributed by atoms with van der Waals surface area (Å²) >= 11 is 0. The maximum absolute atomic E-state index is 9.01. The van der Waals surface area contributed by atoms with Crippen molar-refractivity contribution in [3.63, 3.8) is 0 Å². The molecule has 0 heterocycles. The molecule has 0 fully saturated rings. The third kappa shape index (κ3) is 7.70. The van der Waals surface area contributed by atoms with E-state index in [1.54, 1.807) is 0 Å². The highest BCUT2D eigenvalue weighted by Crippen LogP contribution is 2.20. The van der Waals surface area contributed by atoms with Gasteiger partial charge >= 0.3 is 0 Å². The van der Waals surface area contributed by atoms with Gasteiger partial charge in [-0.1, -0.05) is 34.6 Å². The van der Waals surface area contributed by atoms with Crippen LogP contribution in [0.25, 0.3) is 0 Å². The van der Waals surface area contributed by atoms with Crippen LogP contribution in [0.3, 0.4) is 0 Å². The summed E-state index contributed by atoms with van der Waals surface area (Å²) in [4.78, 5) is 2.31. The molecular formula is C14H28N2. The number of nitrogens with zero attached hydrogens (tertiary/aromatic N) is 2. The summed E-state index contributed by atoms with van der Waals surface area (Å²) in [6, 6.07) is 2.39. The first-order chi connectivity index (χ1) is 7.26. The van der Waals surface area contributed by atoms with Crippen molar-refractivity contribution in [2.45, 2.75) is 60.4 Å². The second-order valence-corrected chi connectivity index (χ2v) is 6.33. The van der Waals surface area contributed by atoms with Crippen molar-refractivity contribution in [2.24, 2.45) is 11.3 Å². The van der Waals surface area contributed by atoms with E-state index in [2.05, 4.69) is 45.6 Å². The van der Waals surface area contributed by atoms with E-state index in [0.717, 1.165) is 19.5 Å². The minimum atomic E-state index is 0.0427. The fourth-order valence-electron chi connectivity index (χ4n) is 1.48. The lowest BCUT2D eigenvalue weighted by molar-refractivity contribution is 0.197. The highest BCUT2D eigenvalue weighted by atomic mass is 15.1. The highest BCUT2D eigenvalue weighted by molar-refractivity contribution is 4.88. The van der Waals surface area contributed by atoms with Gasteiger partial charge in [0.05, 0.1) is 12.1 Å². The fourth-order valence-corrected chi connectivity index (χ4v) is 1.48. The van der Waals surface area contributed by atoms with Gasteiger partial charge in [0.15, 0.2) is 0 Å². The normalized spacial score (nSPS) is 14.2. The monoisotopic (exact) mass is 224 g/mol. The van der Waals surface area contributed by atoms with Gasteiger partial charge in [-0.25, -0.2) is 0 Å². The van der Waals surface area contributed by atoms with E-state index in [1.165, 1.54) is 6.42 Å². The van der Waals surface area contributed by atoms with Crippen molar-refractivity contribution in [3.8, 4) is 6.07 Å². The van der Waals surface area contributed by atoms with Gasteiger partial charge in [0, 0.05) is 0 Å². The van der Waals surface area contributed by atoms with Gasteiger partial charge in [0.25, 0.3) is 0 Å². The van der Waals surface area contributed by atoms with Gasteiger partial charge in [-0.05, 0) is 44.2 Å². The molecule has 2 nitrogen and oxygen atoms in total. The molecule has 0 spiro atoms. The minimum Gasteiger partial charge on any atom is -0.288 e. The Labute approximate surface area is 102 Å². The van der Waals surface area contributed by atoms with Crippen molar-refractivity contribution in [1.82, 2.24) is 4.90 Å². The SMILES string of the molecule is CC(C)CCN(CCC(C)(C)C)C(C)C#N. The first-order valence-electron chi connectivity index (χ1n) is 6.40. The van der Waals surface area contributed by atoms with Gasteiger partial charge in [-0.3, -0.25) is 4.90 Å². The second-order valence-electron chi connectivity index (χ2n) is 6.33. The van der Waals surface area contributed by atoms with E-state index in [4.69, 9.17) is 5.26 Å². The van der Waals surface area contributed by atoms with Crippen molar-refractivity contribution in [3.05, 3.63) is 0 Å². The molecular weight excluding hydrogens is 196 g/mol. The molecule has 16 heavy (non-hydrogen) atoms. The topological polar surface area (TPSA) is 27.0 Å². The minimum absolute atomic E-state index is 0.0427. The first kappa shape index (κ1) is 15.4. The standard InChI is InChI=1S/C14H28N2/c1-12(2)7-9-16(13(3)11-15)10-8-14(4,5)6/h12-13H,7-10H2,1-6H3. The van der Waals surface area contributed by atoms with Crippen LogP contribution in [0.5, 0.6) is 0 Å². The van der Waals surface area contributed by atoms with Crippen molar-refractivity contribution in [2.75, 3.05) is 13.1 Å². The largest absolute Gasteiger partial charge is 0.288 e. The summed E-state index contributed by atoms with van der Waals surface area (Å²) in [6.45, 7) is 15.3. The lowest BCUT2D eigenvalue weighted by Gasteiger charge is -2.29. The van der Waals surface area contributed by atoms with E-state index >= 15 is 0 Å². The number of hydrogen-bond donors (Lipinski definition) is 0. The third-order valence-electron chi connectivity index (χ3n) is 2.88. The van der Waals surface area contributed by atoms with Crippen LogP contribution < -0.4 is 0 Å². The van der Waals surface area contributed by atoms with Gasteiger partial charge < -0.3 is 0 Å². The molecule has 0 aliphatic heterocycles. The number of rotatable bonds is 6. The van der Waals surface area contributed by atoms with E-state index in [1.807, 2.05) is 6.92 Å². The summed E-state index contributed by atoms with van der Waals surface area (Å²) in [5, 5.41) is 9.01. The van der Waals surface area contributed by atoms with Crippen LogP contribution in [0.15, 0.2) is 0 Å². The van der Waals surface area contributed by atoms with E-state index < -0.39 is 0 Å². The molecule has 94 valence electrons. The number of nitriles is 1. The smallest absolute Gasteiger partial charge is 0.0949 e. The predicted octanol–water partition coefficient (Wildman–Crippen LogP) is 3.68. The zero-order chi connectivity index (χ0) is 12.8. The molecule has 0 saturated carbocycles. The van der Waals surface area contributed by atoms with E-state index in [0.29, 0.717) is 11.3 Å². The summed E-state index contributed by atoms with van der Waals surface area (Å²) < 4.78 is 0. The zero-order valence-corrected chi connectivity index (χ0v) is 11.9. The molecule has 0 bridgehead atoms. The maximum atomic E-state index is 9.01. The molecule has 1 atom stereocenters. The molecule has 0 aliphatic carbocycles. The lowest BCUT2D eigenvalue weighted by atomic mass is 9.92. The number of hydrogen-bond acceptors (Lipinski definition) is 2. The van der Waals surface area contributed by atoms with Crippen LogP contribution >= 0.6 is 0 Å². The summed E-state index contributed by atoms with van der Waals surface area (Å²) in [5.74, 6) is 0.711. The summed E-state index contributed by atoms with van der Waals surface area (Å²) in [6.07, 6.45) is 2.33. The van der Waals surface area contributed by atoms with Crippen molar-refractivity contribution in [1.29, 1.82) is 5.26 Å².